The molecule has 0 bridgehead atoms. The molecule has 1 saturated heterocycles. The second kappa shape index (κ2) is 4.59. The highest BCUT2D eigenvalue weighted by atomic mass is 79.9. The molecule has 1 aromatic rings. The lowest BCUT2D eigenvalue weighted by Gasteiger charge is -2.15. The zero-order valence-corrected chi connectivity index (χ0v) is 10.5. The van der Waals surface area contributed by atoms with Gasteiger partial charge < -0.3 is 15.2 Å². The molecule has 0 spiro atoms. The molecule has 0 aliphatic carbocycles. The SMILES string of the molecule is COc1cc(F)c(C2CCNC2)c(Br)c1O. The van der Waals surface area contributed by atoms with Crippen molar-refractivity contribution >= 4 is 15.9 Å². The molecule has 0 radical (unpaired) electrons. The number of aromatic hydroxyl groups is 1. The maximum atomic E-state index is 13.9. The molecular formula is C11H13BrFNO2. The van der Waals surface area contributed by atoms with Gasteiger partial charge >= 0.3 is 0 Å². The van der Waals surface area contributed by atoms with Gasteiger partial charge in [0.15, 0.2) is 11.5 Å². The molecule has 0 saturated carbocycles. The van der Waals surface area contributed by atoms with Gasteiger partial charge in [0.05, 0.1) is 11.6 Å². The van der Waals surface area contributed by atoms with Crippen molar-refractivity contribution in [1.82, 2.24) is 5.32 Å². The zero-order valence-electron chi connectivity index (χ0n) is 8.89. The van der Waals surface area contributed by atoms with E-state index in [-0.39, 0.29) is 23.2 Å². The Morgan fingerprint density at radius 2 is 2.38 bits per heavy atom. The van der Waals surface area contributed by atoms with E-state index in [0.29, 0.717) is 10.0 Å². The zero-order chi connectivity index (χ0) is 11.7. The smallest absolute Gasteiger partial charge is 0.172 e. The highest BCUT2D eigenvalue weighted by Gasteiger charge is 2.26. The van der Waals surface area contributed by atoms with Crippen LogP contribution in [0.4, 0.5) is 4.39 Å². The Bertz CT molecular complexity index is 405. The molecular weight excluding hydrogens is 277 g/mol. The van der Waals surface area contributed by atoms with Crippen LogP contribution in [0.15, 0.2) is 10.5 Å². The molecule has 1 atom stereocenters. The summed E-state index contributed by atoms with van der Waals surface area (Å²) in [6, 6.07) is 1.23. The number of rotatable bonds is 2. The van der Waals surface area contributed by atoms with Gasteiger partial charge in [-0.25, -0.2) is 4.39 Å². The third-order valence-corrected chi connectivity index (χ3v) is 3.68. The van der Waals surface area contributed by atoms with E-state index in [2.05, 4.69) is 21.2 Å². The number of phenols is 1. The van der Waals surface area contributed by atoms with Crippen LogP contribution in [0.1, 0.15) is 17.9 Å². The van der Waals surface area contributed by atoms with Crippen molar-refractivity contribution in [2.75, 3.05) is 20.2 Å². The van der Waals surface area contributed by atoms with Gasteiger partial charge in [-0.05, 0) is 28.9 Å². The van der Waals surface area contributed by atoms with Gasteiger partial charge in [0.25, 0.3) is 0 Å². The monoisotopic (exact) mass is 289 g/mol. The highest BCUT2D eigenvalue weighted by molar-refractivity contribution is 9.10. The Balaban J connectivity index is 2.48. The number of hydrogen-bond acceptors (Lipinski definition) is 3. The van der Waals surface area contributed by atoms with Crippen molar-refractivity contribution in [3.63, 3.8) is 0 Å². The first kappa shape index (κ1) is 11.7. The summed E-state index contributed by atoms with van der Waals surface area (Å²) in [6.45, 7) is 1.62. The molecule has 88 valence electrons. The molecule has 0 amide bonds. The number of halogens is 2. The average Bonchev–Trinajstić information content (AvgIpc) is 2.77. The second-order valence-corrected chi connectivity index (χ2v) is 4.62. The van der Waals surface area contributed by atoms with Crippen LogP contribution >= 0.6 is 15.9 Å². The van der Waals surface area contributed by atoms with E-state index in [1.807, 2.05) is 0 Å². The van der Waals surface area contributed by atoms with Gasteiger partial charge in [0.2, 0.25) is 0 Å². The number of benzene rings is 1. The van der Waals surface area contributed by atoms with Crippen LogP contribution in [0, 0.1) is 5.82 Å². The van der Waals surface area contributed by atoms with Gasteiger partial charge in [-0.15, -0.1) is 0 Å². The van der Waals surface area contributed by atoms with Crippen LogP contribution in [0.25, 0.3) is 0 Å². The maximum Gasteiger partial charge on any atom is 0.172 e. The van der Waals surface area contributed by atoms with Crippen LogP contribution in [0.3, 0.4) is 0 Å². The van der Waals surface area contributed by atoms with E-state index in [0.717, 1.165) is 19.5 Å². The molecule has 0 aromatic heterocycles. The van der Waals surface area contributed by atoms with Crippen LogP contribution < -0.4 is 10.1 Å². The molecule has 2 N–H and O–H groups in total. The summed E-state index contributed by atoms with van der Waals surface area (Å²) in [5.41, 5.74) is 0.531. The lowest BCUT2D eigenvalue weighted by Crippen LogP contribution is -2.09. The predicted molar refractivity (Wildman–Crippen MR) is 62.5 cm³/mol. The molecule has 3 nitrogen and oxygen atoms in total. The van der Waals surface area contributed by atoms with Crippen molar-refractivity contribution in [3.05, 3.63) is 21.9 Å². The average molecular weight is 290 g/mol. The normalized spacial score (nSPS) is 20.1. The molecule has 5 heteroatoms. The molecule has 1 aliphatic heterocycles. The summed E-state index contributed by atoms with van der Waals surface area (Å²) in [5.74, 6) is -0.119. The van der Waals surface area contributed by atoms with Crippen LogP contribution in [0.2, 0.25) is 0 Å². The molecule has 1 aromatic carbocycles. The summed E-state index contributed by atoms with van der Waals surface area (Å²) in [6.07, 6.45) is 0.876. The Morgan fingerprint density at radius 3 is 2.94 bits per heavy atom. The second-order valence-electron chi connectivity index (χ2n) is 3.83. The number of hydrogen-bond donors (Lipinski definition) is 2. The molecule has 1 fully saturated rings. The van der Waals surface area contributed by atoms with Gasteiger partial charge in [-0.1, -0.05) is 0 Å². The summed E-state index contributed by atoms with van der Waals surface area (Å²) in [5, 5.41) is 13.0. The van der Waals surface area contributed by atoms with Crippen molar-refractivity contribution in [3.8, 4) is 11.5 Å². The topological polar surface area (TPSA) is 41.5 Å². The van der Waals surface area contributed by atoms with Gasteiger partial charge in [-0.3, -0.25) is 0 Å². The fraction of sp³-hybridized carbons (Fsp3) is 0.455. The number of nitrogens with one attached hydrogen (secondary N) is 1. The van der Waals surface area contributed by atoms with E-state index < -0.39 is 0 Å². The minimum atomic E-state index is -0.338. The van der Waals surface area contributed by atoms with E-state index >= 15 is 0 Å². The minimum Gasteiger partial charge on any atom is -0.503 e. The van der Waals surface area contributed by atoms with Gasteiger partial charge in [0, 0.05) is 24.1 Å². The van der Waals surface area contributed by atoms with Crippen LogP contribution in [-0.4, -0.2) is 25.3 Å². The number of ether oxygens (including phenoxy) is 1. The fourth-order valence-corrected chi connectivity index (χ4v) is 2.74. The first-order valence-electron chi connectivity index (χ1n) is 5.10. The molecule has 1 unspecified atom stereocenters. The van der Waals surface area contributed by atoms with Crippen molar-refractivity contribution in [2.45, 2.75) is 12.3 Å². The number of phenolic OH excluding ortho intramolecular Hbond substituents is 1. The van der Waals surface area contributed by atoms with E-state index in [4.69, 9.17) is 4.74 Å². The standard InChI is InChI=1S/C11H13BrFNO2/c1-16-8-4-7(13)9(10(12)11(8)15)6-2-3-14-5-6/h4,6,14-15H,2-3,5H2,1H3. The first-order valence-corrected chi connectivity index (χ1v) is 5.90. The Morgan fingerprint density at radius 1 is 1.62 bits per heavy atom. The Labute approximate surface area is 102 Å². The van der Waals surface area contributed by atoms with Crippen molar-refractivity contribution in [1.29, 1.82) is 0 Å². The van der Waals surface area contributed by atoms with Crippen LogP contribution in [-0.2, 0) is 0 Å². The summed E-state index contributed by atoms with van der Waals surface area (Å²) in [7, 11) is 1.40. The molecule has 16 heavy (non-hydrogen) atoms. The first-order chi connectivity index (χ1) is 7.65. The van der Waals surface area contributed by atoms with Crippen molar-refractivity contribution in [2.24, 2.45) is 0 Å². The van der Waals surface area contributed by atoms with Gasteiger partial charge in [0.1, 0.15) is 5.82 Å². The Kier molecular flexibility index (Phi) is 3.35. The summed E-state index contributed by atoms with van der Waals surface area (Å²) >= 11 is 3.23. The van der Waals surface area contributed by atoms with E-state index in [9.17, 15) is 9.50 Å². The summed E-state index contributed by atoms with van der Waals surface area (Å²) < 4.78 is 19.2. The van der Waals surface area contributed by atoms with E-state index in [1.54, 1.807) is 0 Å². The molecule has 2 rings (SSSR count). The maximum absolute atomic E-state index is 13.9. The predicted octanol–water partition coefficient (Wildman–Crippen LogP) is 2.38. The lowest BCUT2D eigenvalue weighted by molar-refractivity contribution is 0.367. The quantitative estimate of drug-likeness (QED) is 0.878. The Hall–Kier alpha value is -0.810. The fourth-order valence-electron chi connectivity index (χ4n) is 2.03. The van der Waals surface area contributed by atoms with Crippen LogP contribution in [0.5, 0.6) is 11.5 Å². The highest BCUT2D eigenvalue weighted by Crippen LogP contribution is 2.42. The van der Waals surface area contributed by atoms with E-state index in [1.165, 1.54) is 13.2 Å². The summed E-state index contributed by atoms with van der Waals surface area (Å²) in [4.78, 5) is 0. The number of methoxy groups -OCH3 is 1. The third-order valence-electron chi connectivity index (χ3n) is 2.88. The lowest BCUT2D eigenvalue weighted by atomic mass is 9.97. The third kappa shape index (κ3) is 1.89. The molecule has 1 aliphatic rings. The largest absolute Gasteiger partial charge is 0.503 e. The molecule has 1 heterocycles. The van der Waals surface area contributed by atoms with Gasteiger partial charge in [-0.2, -0.15) is 0 Å². The van der Waals surface area contributed by atoms with Crippen molar-refractivity contribution < 1.29 is 14.2 Å². The minimum absolute atomic E-state index is 0.0363.